The van der Waals surface area contributed by atoms with E-state index in [2.05, 4.69) is 0 Å². The summed E-state index contributed by atoms with van der Waals surface area (Å²) in [6.07, 6.45) is 1.06. The normalized spacial score (nSPS) is 11.3. The van der Waals surface area contributed by atoms with E-state index < -0.39 is 22.5 Å². The molecular weight excluding hydrogens is 272 g/mol. The van der Waals surface area contributed by atoms with Crippen molar-refractivity contribution >= 4 is 11.3 Å². The first-order chi connectivity index (χ1) is 9.41. The molecule has 0 unspecified atom stereocenters. The van der Waals surface area contributed by atoms with E-state index in [4.69, 9.17) is 9.05 Å². The highest BCUT2D eigenvalue weighted by Gasteiger charge is 2.15. The molecule has 20 heavy (non-hydrogen) atoms. The van der Waals surface area contributed by atoms with Crippen LogP contribution < -0.4 is 22.5 Å². The van der Waals surface area contributed by atoms with Gasteiger partial charge in [0.25, 0.3) is 16.9 Å². The van der Waals surface area contributed by atoms with Gasteiger partial charge in [0.05, 0.1) is 6.20 Å². The van der Waals surface area contributed by atoms with Crippen LogP contribution in [0.25, 0.3) is 11.3 Å². The smallest absolute Gasteiger partial charge is 0.359 e. The summed E-state index contributed by atoms with van der Waals surface area (Å²) in [5, 5.41) is 0. The Bertz CT molecular complexity index is 1100. The third kappa shape index (κ3) is 1.38. The van der Waals surface area contributed by atoms with Crippen LogP contribution in [0.3, 0.4) is 0 Å². The first-order valence-corrected chi connectivity index (χ1v) is 5.43. The molecule has 0 N–H and O–H groups in total. The molecule has 0 fully saturated rings. The maximum Gasteiger partial charge on any atom is 0.398 e. The van der Waals surface area contributed by atoms with Gasteiger partial charge in [-0.15, -0.1) is 4.57 Å². The second-order valence-corrected chi connectivity index (χ2v) is 4.08. The van der Waals surface area contributed by atoms with Gasteiger partial charge in [-0.1, -0.05) is 4.57 Å². The minimum Gasteiger partial charge on any atom is -0.359 e. The van der Waals surface area contributed by atoms with Gasteiger partial charge in [-0.05, 0) is 0 Å². The third-order valence-electron chi connectivity index (χ3n) is 2.85. The third-order valence-corrected chi connectivity index (χ3v) is 2.85. The van der Waals surface area contributed by atoms with Gasteiger partial charge in [-0.3, -0.25) is 18.7 Å². The summed E-state index contributed by atoms with van der Waals surface area (Å²) in [7, 11) is 2.57. The predicted molar refractivity (Wildman–Crippen MR) is 64.7 cm³/mol. The largest absolute Gasteiger partial charge is 0.398 e. The van der Waals surface area contributed by atoms with Crippen LogP contribution >= 0.6 is 0 Å². The minimum atomic E-state index is -0.928. The number of fused-ring (bicyclic) bond motifs is 3. The van der Waals surface area contributed by atoms with E-state index in [9.17, 15) is 19.2 Å². The second kappa shape index (κ2) is 3.73. The van der Waals surface area contributed by atoms with Crippen LogP contribution in [0, 0.1) is 0 Å². The van der Waals surface area contributed by atoms with E-state index >= 15 is 0 Å². The fourth-order valence-electron chi connectivity index (χ4n) is 1.76. The Morgan fingerprint density at radius 1 is 0.950 bits per heavy atom. The zero-order valence-electron chi connectivity index (χ0n) is 10.4. The van der Waals surface area contributed by atoms with Gasteiger partial charge in [0.1, 0.15) is 0 Å². The fourth-order valence-corrected chi connectivity index (χ4v) is 1.76. The van der Waals surface area contributed by atoms with Crippen molar-refractivity contribution in [3.05, 3.63) is 53.9 Å². The molecule has 0 aliphatic rings. The fraction of sp³-hybridized carbons (Fsp3) is 0.200. The lowest BCUT2D eigenvalue weighted by molar-refractivity contribution is 0.320. The Labute approximate surface area is 107 Å². The summed E-state index contributed by atoms with van der Waals surface area (Å²) in [6.45, 7) is 0. The molecule has 2 bridgehead atoms. The van der Waals surface area contributed by atoms with Crippen LogP contribution in [-0.4, -0.2) is 18.3 Å². The highest BCUT2D eigenvalue weighted by atomic mass is 16.5. The molecule has 0 radical (unpaired) electrons. The summed E-state index contributed by atoms with van der Waals surface area (Å²) in [5.41, 5.74) is -3.85. The minimum absolute atomic E-state index is 0.328. The van der Waals surface area contributed by atoms with E-state index in [0.29, 0.717) is 9.15 Å². The Morgan fingerprint density at radius 2 is 1.65 bits per heavy atom. The van der Waals surface area contributed by atoms with Gasteiger partial charge in [0.2, 0.25) is 0 Å². The van der Waals surface area contributed by atoms with Crippen LogP contribution in [0.2, 0.25) is 0 Å². The number of rotatable bonds is 0. The lowest BCUT2D eigenvalue weighted by Crippen LogP contribution is -2.36. The van der Waals surface area contributed by atoms with E-state index in [1.807, 2.05) is 0 Å². The molecule has 10 heteroatoms. The number of aryl methyl sites for hydroxylation is 1. The monoisotopic (exact) mass is 280 g/mol. The molecule has 3 heterocycles. The molecule has 3 aromatic rings. The van der Waals surface area contributed by atoms with Crippen molar-refractivity contribution in [1.29, 1.82) is 0 Å². The average molecular weight is 280 g/mol. The van der Waals surface area contributed by atoms with Crippen LogP contribution in [-0.2, 0) is 14.1 Å². The predicted octanol–water partition coefficient (Wildman–Crippen LogP) is -1.94. The molecule has 0 aromatic carbocycles. The van der Waals surface area contributed by atoms with Gasteiger partial charge >= 0.3 is 16.9 Å². The van der Waals surface area contributed by atoms with Gasteiger partial charge in [-0.2, -0.15) is 0 Å². The van der Waals surface area contributed by atoms with Crippen LogP contribution in [0.5, 0.6) is 0 Å². The summed E-state index contributed by atoms with van der Waals surface area (Å²) >= 11 is 0. The lowest BCUT2D eigenvalue weighted by atomic mass is 10.5. The maximum absolute atomic E-state index is 12.0. The molecular formula is C10H8N4O6. The zero-order valence-corrected chi connectivity index (χ0v) is 10.4. The maximum atomic E-state index is 12.0. The Balaban J connectivity index is 2.87. The molecule has 0 aliphatic heterocycles. The van der Waals surface area contributed by atoms with Crippen molar-refractivity contribution in [2.45, 2.75) is 0 Å². The van der Waals surface area contributed by atoms with Crippen molar-refractivity contribution in [2.24, 2.45) is 14.1 Å². The van der Waals surface area contributed by atoms with Crippen LogP contribution in [0.15, 0.2) is 40.5 Å². The van der Waals surface area contributed by atoms with E-state index in [0.717, 1.165) is 21.4 Å². The zero-order chi connectivity index (χ0) is 14.6. The molecule has 10 nitrogen and oxygen atoms in total. The molecule has 0 saturated heterocycles. The topological polar surface area (TPSA) is 113 Å². The van der Waals surface area contributed by atoms with Crippen LogP contribution in [0.1, 0.15) is 0 Å². The Hall–Kier alpha value is -3.04. The van der Waals surface area contributed by atoms with Gasteiger partial charge in [-0.25, -0.2) is 9.59 Å². The molecule has 0 aliphatic carbocycles. The molecule has 104 valence electrons. The van der Waals surface area contributed by atoms with Crippen molar-refractivity contribution in [3.63, 3.8) is 0 Å². The molecule has 0 atom stereocenters. The van der Waals surface area contributed by atoms with Crippen molar-refractivity contribution in [1.82, 2.24) is 18.3 Å². The summed E-state index contributed by atoms with van der Waals surface area (Å²) in [4.78, 5) is 47.2. The van der Waals surface area contributed by atoms with Crippen LogP contribution in [0.4, 0.5) is 0 Å². The van der Waals surface area contributed by atoms with Crippen molar-refractivity contribution in [3.8, 4) is 0 Å². The Morgan fingerprint density at radius 3 is 2.35 bits per heavy atom. The SMILES string of the molecule is Cn1c(=O)c2on3ccc(=O)n(oc2n(C)c1=O)c3=O. The number of aromatic nitrogens is 4. The van der Waals surface area contributed by atoms with E-state index in [1.54, 1.807) is 0 Å². The standard InChI is InChI=1S/C10H8N4O6/c1-11-7(16)6-8(12(2)9(11)17)20-14-5(15)3-4-13(19-6)10(14)18/h3-4H,1-2H3. The summed E-state index contributed by atoms with van der Waals surface area (Å²) in [6, 6.07) is 1.02. The highest BCUT2D eigenvalue weighted by molar-refractivity contribution is 5.62. The quantitative estimate of drug-likeness (QED) is 0.473. The molecule has 0 saturated carbocycles. The summed E-state index contributed by atoms with van der Waals surface area (Å²) < 4.78 is 13.0. The van der Waals surface area contributed by atoms with E-state index in [-0.39, 0.29) is 11.3 Å². The van der Waals surface area contributed by atoms with E-state index in [1.165, 1.54) is 14.1 Å². The summed E-state index contributed by atoms with van der Waals surface area (Å²) in [5.74, 6) is 0. The highest BCUT2D eigenvalue weighted by Crippen LogP contribution is 2.02. The van der Waals surface area contributed by atoms with Crippen molar-refractivity contribution in [2.75, 3.05) is 0 Å². The molecule has 0 spiro atoms. The van der Waals surface area contributed by atoms with Gasteiger partial charge < -0.3 is 9.05 Å². The first kappa shape index (κ1) is 12.0. The Kier molecular flexibility index (Phi) is 2.24. The second-order valence-electron chi connectivity index (χ2n) is 4.08. The average Bonchev–Trinajstić information content (AvgIpc) is 2.52. The number of nitrogens with zero attached hydrogens (tertiary/aromatic N) is 4. The van der Waals surface area contributed by atoms with Gasteiger partial charge in [0.15, 0.2) is 0 Å². The number of hydrogen-bond donors (Lipinski definition) is 0. The molecule has 0 amide bonds. The first-order valence-electron chi connectivity index (χ1n) is 5.43. The molecule has 3 aromatic heterocycles. The lowest BCUT2D eigenvalue weighted by Gasteiger charge is -2.00. The van der Waals surface area contributed by atoms with Crippen molar-refractivity contribution < 1.29 is 9.05 Å². The molecule has 3 rings (SSSR count). The van der Waals surface area contributed by atoms with Gasteiger partial charge in [0, 0.05) is 20.2 Å². The number of hydrogen-bond acceptors (Lipinski definition) is 6.